The number of ether oxygens (including phenoxy) is 1. The molecule has 0 aliphatic carbocycles. The van der Waals surface area contributed by atoms with E-state index >= 15 is 0 Å². The summed E-state index contributed by atoms with van der Waals surface area (Å²) in [5.74, 6) is -0.178. The van der Waals surface area contributed by atoms with E-state index in [0.717, 1.165) is 52.0 Å². The van der Waals surface area contributed by atoms with Gasteiger partial charge in [0.1, 0.15) is 5.82 Å². The molecule has 0 radical (unpaired) electrons. The van der Waals surface area contributed by atoms with E-state index in [4.69, 9.17) is 4.74 Å². The van der Waals surface area contributed by atoms with Crippen molar-refractivity contribution in [2.24, 2.45) is 0 Å². The van der Waals surface area contributed by atoms with Gasteiger partial charge in [-0.15, -0.1) is 0 Å². The summed E-state index contributed by atoms with van der Waals surface area (Å²) in [6.45, 7) is 6.63. The van der Waals surface area contributed by atoms with Crippen LogP contribution in [0.5, 0.6) is 0 Å². The number of aryl methyl sites for hydroxylation is 1. The minimum absolute atomic E-state index is 0.178. The van der Waals surface area contributed by atoms with Crippen molar-refractivity contribution in [3.63, 3.8) is 0 Å². The van der Waals surface area contributed by atoms with Gasteiger partial charge in [-0.1, -0.05) is 12.1 Å². The molecule has 0 saturated carbocycles. The average Bonchev–Trinajstić information content (AvgIpc) is 2.54. The first-order valence-corrected chi connectivity index (χ1v) is 8.07. The molecule has 0 atom stereocenters. The van der Waals surface area contributed by atoms with E-state index in [9.17, 15) is 9.18 Å². The van der Waals surface area contributed by atoms with Crippen molar-refractivity contribution in [2.45, 2.75) is 26.2 Å². The van der Waals surface area contributed by atoms with Crippen LogP contribution in [0.4, 0.5) is 9.18 Å². The van der Waals surface area contributed by atoms with Gasteiger partial charge >= 0.3 is 6.09 Å². The fourth-order valence-electron chi connectivity index (χ4n) is 2.68. The number of carbonyl (C=O) groups is 1. The van der Waals surface area contributed by atoms with Gasteiger partial charge in [-0.3, -0.25) is 4.90 Å². The number of unbranched alkanes of at least 4 members (excludes halogenated alkanes) is 1. The Labute approximate surface area is 131 Å². The van der Waals surface area contributed by atoms with Crippen molar-refractivity contribution in [2.75, 3.05) is 39.3 Å². The fraction of sp³-hybridized carbons (Fsp3) is 0.588. The number of carbonyl (C=O) groups excluding carboxylic acids is 1. The molecular formula is C17H25FN2O2. The number of benzene rings is 1. The topological polar surface area (TPSA) is 32.8 Å². The summed E-state index contributed by atoms with van der Waals surface area (Å²) in [7, 11) is 0. The zero-order valence-corrected chi connectivity index (χ0v) is 13.3. The number of piperazine rings is 1. The van der Waals surface area contributed by atoms with Gasteiger partial charge in [0, 0.05) is 26.2 Å². The van der Waals surface area contributed by atoms with Crippen LogP contribution in [-0.4, -0.2) is 55.2 Å². The molecule has 1 fully saturated rings. The normalized spacial score (nSPS) is 15.8. The first-order valence-electron chi connectivity index (χ1n) is 8.07. The zero-order chi connectivity index (χ0) is 15.8. The van der Waals surface area contributed by atoms with E-state index in [2.05, 4.69) is 4.90 Å². The zero-order valence-electron chi connectivity index (χ0n) is 13.3. The number of amides is 1. The van der Waals surface area contributed by atoms with Crippen molar-refractivity contribution in [3.8, 4) is 0 Å². The van der Waals surface area contributed by atoms with Gasteiger partial charge in [-0.2, -0.15) is 0 Å². The van der Waals surface area contributed by atoms with E-state index in [1.165, 1.54) is 17.7 Å². The maximum atomic E-state index is 12.8. The van der Waals surface area contributed by atoms with Gasteiger partial charge in [0.2, 0.25) is 0 Å². The minimum atomic E-state index is -0.196. The summed E-state index contributed by atoms with van der Waals surface area (Å²) in [5, 5.41) is 0. The van der Waals surface area contributed by atoms with Crippen LogP contribution in [0.1, 0.15) is 25.3 Å². The number of hydrogen-bond acceptors (Lipinski definition) is 3. The summed E-state index contributed by atoms with van der Waals surface area (Å²) in [6.07, 6.45) is 3.02. The largest absolute Gasteiger partial charge is 0.450 e. The lowest BCUT2D eigenvalue weighted by atomic mass is 10.1. The van der Waals surface area contributed by atoms with Crippen LogP contribution in [0.2, 0.25) is 0 Å². The van der Waals surface area contributed by atoms with Crippen molar-refractivity contribution in [1.82, 2.24) is 9.80 Å². The second-order valence-electron chi connectivity index (χ2n) is 5.61. The quantitative estimate of drug-likeness (QED) is 0.758. The Morgan fingerprint density at radius 2 is 1.82 bits per heavy atom. The highest BCUT2D eigenvalue weighted by Gasteiger charge is 2.21. The molecule has 1 aromatic carbocycles. The van der Waals surface area contributed by atoms with Gasteiger partial charge in [0.05, 0.1) is 6.61 Å². The van der Waals surface area contributed by atoms with Gasteiger partial charge in [0.15, 0.2) is 0 Å². The molecule has 0 N–H and O–H groups in total. The molecule has 0 unspecified atom stereocenters. The van der Waals surface area contributed by atoms with Crippen molar-refractivity contribution in [3.05, 3.63) is 35.6 Å². The van der Waals surface area contributed by atoms with Crippen LogP contribution in [0.3, 0.4) is 0 Å². The number of nitrogens with zero attached hydrogens (tertiary/aromatic N) is 2. The smallest absolute Gasteiger partial charge is 0.409 e. The van der Waals surface area contributed by atoms with Crippen LogP contribution in [0.25, 0.3) is 0 Å². The third-order valence-corrected chi connectivity index (χ3v) is 4.00. The number of halogens is 1. The Hall–Kier alpha value is -1.62. The lowest BCUT2D eigenvalue weighted by Gasteiger charge is -2.34. The molecular weight excluding hydrogens is 283 g/mol. The van der Waals surface area contributed by atoms with Crippen LogP contribution < -0.4 is 0 Å². The molecule has 5 heteroatoms. The third kappa shape index (κ3) is 5.30. The van der Waals surface area contributed by atoms with Gasteiger partial charge in [0.25, 0.3) is 0 Å². The molecule has 1 saturated heterocycles. The Morgan fingerprint density at radius 3 is 2.45 bits per heavy atom. The SMILES string of the molecule is CCOC(=O)N1CCN(CCCCc2ccc(F)cc2)CC1. The molecule has 0 spiro atoms. The predicted octanol–water partition coefficient (Wildman–Crippen LogP) is 2.92. The van der Waals surface area contributed by atoms with Gasteiger partial charge in [-0.05, 0) is 50.4 Å². The highest BCUT2D eigenvalue weighted by molar-refractivity contribution is 5.67. The predicted molar refractivity (Wildman–Crippen MR) is 84.4 cm³/mol. The highest BCUT2D eigenvalue weighted by atomic mass is 19.1. The number of rotatable bonds is 6. The molecule has 0 bridgehead atoms. The van der Waals surface area contributed by atoms with E-state index in [1.54, 1.807) is 4.90 Å². The molecule has 1 heterocycles. The van der Waals surface area contributed by atoms with E-state index < -0.39 is 0 Å². The second kappa shape index (κ2) is 8.73. The molecule has 4 nitrogen and oxygen atoms in total. The monoisotopic (exact) mass is 308 g/mol. The van der Waals surface area contributed by atoms with Crippen LogP contribution >= 0.6 is 0 Å². The van der Waals surface area contributed by atoms with E-state index in [-0.39, 0.29) is 11.9 Å². The highest BCUT2D eigenvalue weighted by Crippen LogP contribution is 2.09. The molecule has 1 aliphatic heterocycles. The molecule has 0 aromatic heterocycles. The Bertz CT molecular complexity index is 456. The molecule has 1 amide bonds. The van der Waals surface area contributed by atoms with Crippen molar-refractivity contribution < 1.29 is 13.9 Å². The van der Waals surface area contributed by atoms with Crippen molar-refractivity contribution in [1.29, 1.82) is 0 Å². The van der Waals surface area contributed by atoms with Crippen LogP contribution in [0, 0.1) is 5.82 Å². The standard InChI is InChI=1S/C17H25FN2O2/c1-2-22-17(21)20-13-11-19(12-14-20)10-4-3-5-15-6-8-16(18)9-7-15/h6-9H,2-5,10-14H2,1H3. The van der Waals surface area contributed by atoms with Crippen molar-refractivity contribution >= 4 is 6.09 Å². The fourth-order valence-corrected chi connectivity index (χ4v) is 2.68. The van der Waals surface area contributed by atoms with Crippen LogP contribution in [-0.2, 0) is 11.2 Å². The van der Waals surface area contributed by atoms with Gasteiger partial charge < -0.3 is 9.64 Å². The Balaban J connectivity index is 1.59. The lowest BCUT2D eigenvalue weighted by molar-refractivity contribution is 0.0792. The maximum absolute atomic E-state index is 12.8. The lowest BCUT2D eigenvalue weighted by Crippen LogP contribution is -2.49. The number of hydrogen-bond donors (Lipinski definition) is 0. The minimum Gasteiger partial charge on any atom is -0.450 e. The Morgan fingerprint density at radius 1 is 1.14 bits per heavy atom. The second-order valence-corrected chi connectivity index (χ2v) is 5.61. The summed E-state index contributed by atoms with van der Waals surface area (Å²) in [4.78, 5) is 15.8. The molecule has 1 aliphatic rings. The summed E-state index contributed by atoms with van der Waals surface area (Å²) < 4.78 is 17.8. The summed E-state index contributed by atoms with van der Waals surface area (Å²) in [5.41, 5.74) is 1.19. The average molecular weight is 308 g/mol. The molecule has 122 valence electrons. The first kappa shape index (κ1) is 16.7. The van der Waals surface area contributed by atoms with Crippen LogP contribution in [0.15, 0.2) is 24.3 Å². The summed E-state index contributed by atoms with van der Waals surface area (Å²) in [6, 6.07) is 6.74. The van der Waals surface area contributed by atoms with E-state index in [1.807, 2.05) is 19.1 Å². The maximum Gasteiger partial charge on any atom is 0.409 e. The third-order valence-electron chi connectivity index (χ3n) is 4.00. The first-order chi connectivity index (χ1) is 10.7. The van der Waals surface area contributed by atoms with Gasteiger partial charge in [-0.25, -0.2) is 9.18 Å². The molecule has 1 aromatic rings. The summed E-state index contributed by atoms with van der Waals surface area (Å²) >= 11 is 0. The van der Waals surface area contributed by atoms with E-state index in [0.29, 0.717) is 6.61 Å². The Kier molecular flexibility index (Phi) is 6.65. The molecule has 22 heavy (non-hydrogen) atoms. The molecule has 2 rings (SSSR count).